The van der Waals surface area contributed by atoms with E-state index in [1.807, 2.05) is 25.1 Å². The summed E-state index contributed by atoms with van der Waals surface area (Å²) in [5.41, 5.74) is 0.966. The van der Waals surface area contributed by atoms with Gasteiger partial charge in [-0.3, -0.25) is 4.98 Å². The highest BCUT2D eigenvalue weighted by Gasteiger charge is 2.52. The van der Waals surface area contributed by atoms with Crippen LogP contribution in [0, 0.1) is 12.3 Å². The zero-order chi connectivity index (χ0) is 28.0. The molecule has 0 spiro atoms. The van der Waals surface area contributed by atoms with Gasteiger partial charge >= 0.3 is 0 Å². The van der Waals surface area contributed by atoms with Crippen molar-refractivity contribution in [2.75, 3.05) is 27.6 Å². The molecule has 7 heteroatoms. The van der Waals surface area contributed by atoms with Gasteiger partial charge in [0.25, 0.3) is 8.32 Å². The summed E-state index contributed by atoms with van der Waals surface area (Å²) >= 11 is 3.57. The van der Waals surface area contributed by atoms with Gasteiger partial charge < -0.3 is 18.6 Å². The Morgan fingerprint density at radius 1 is 0.974 bits per heavy atom. The van der Waals surface area contributed by atoms with Gasteiger partial charge in [-0.05, 0) is 38.3 Å². The van der Waals surface area contributed by atoms with E-state index in [9.17, 15) is 0 Å². The molecule has 0 N–H and O–H groups in total. The number of methoxy groups -OCH3 is 2. The van der Waals surface area contributed by atoms with Crippen molar-refractivity contribution in [2.45, 2.75) is 45.8 Å². The summed E-state index contributed by atoms with van der Waals surface area (Å²) in [6.07, 6.45) is 3.16. The van der Waals surface area contributed by atoms with Crippen LogP contribution in [0.1, 0.15) is 45.1 Å². The third kappa shape index (κ3) is 5.97. The van der Waals surface area contributed by atoms with E-state index >= 15 is 0 Å². The molecule has 2 aromatic carbocycles. The second-order valence-electron chi connectivity index (χ2n) is 10.8. The van der Waals surface area contributed by atoms with E-state index in [4.69, 9.17) is 23.6 Å². The summed E-state index contributed by atoms with van der Waals surface area (Å²) in [6, 6.07) is 21.2. The Balaban J connectivity index is 2.16. The number of nitrogens with zero attached hydrogens (tertiary/aromatic N) is 1. The number of benzene rings is 2. The van der Waals surface area contributed by atoms with Crippen LogP contribution in [-0.4, -0.2) is 40.9 Å². The predicted octanol–water partition coefficient (Wildman–Crippen LogP) is 6.59. The zero-order valence-electron chi connectivity index (χ0n) is 23.6. The SMILES string of the molecule is C=CC(C)(CO[Si](c1ccccc1)(c1ccccc1)C(C)(C)C)C(OCOC)c1ncc(Br)c(C)c1OC. The van der Waals surface area contributed by atoms with Crippen molar-refractivity contribution in [1.29, 1.82) is 0 Å². The van der Waals surface area contributed by atoms with Crippen molar-refractivity contribution < 1.29 is 18.6 Å². The second kappa shape index (κ2) is 12.7. The smallest absolute Gasteiger partial charge is 0.261 e. The van der Waals surface area contributed by atoms with E-state index in [0.717, 1.165) is 10.0 Å². The van der Waals surface area contributed by atoms with Crippen LogP contribution in [-0.2, 0) is 13.9 Å². The molecule has 0 radical (unpaired) electrons. The summed E-state index contributed by atoms with van der Waals surface area (Å²) in [6.45, 7) is 15.6. The van der Waals surface area contributed by atoms with Gasteiger partial charge in [0, 0.05) is 35.4 Å². The van der Waals surface area contributed by atoms with Gasteiger partial charge in [-0.15, -0.1) is 6.58 Å². The van der Waals surface area contributed by atoms with Gasteiger partial charge in [0.05, 0.1) is 7.11 Å². The van der Waals surface area contributed by atoms with Crippen LogP contribution in [0.2, 0.25) is 5.04 Å². The maximum atomic E-state index is 7.30. The second-order valence-corrected chi connectivity index (χ2v) is 15.9. The number of ether oxygens (including phenoxy) is 3. The minimum absolute atomic E-state index is 0.0905. The minimum atomic E-state index is -2.79. The van der Waals surface area contributed by atoms with Crippen LogP contribution in [0.3, 0.4) is 0 Å². The number of pyridine rings is 1. The number of aromatic nitrogens is 1. The minimum Gasteiger partial charge on any atom is -0.494 e. The molecule has 3 rings (SSSR count). The first-order valence-corrected chi connectivity index (χ1v) is 15.4. The molecule has 38 heavy (non-hydrogen) atoms. The van der Waals surface area contributed by atoms with E-state index in [1.165, 1.54) is 10.4 Å². The summed E-state index contributed by atoms with van der Waals surface area (Å²) in [4.78, 5) is 4.74. The van der Waals surface area contributed by atoms with Crippen LogP contribution in [0.15, 0.2) is 84.0 Å². The molecule has 1 heterocycles. The van der Waals surface area contributed by atoms with Gasteiger partial charge in [0.2, 0.25) is 0 Å². The lowest BCUT2D eigenvalue weighted by molar-refractivity contribution is -0.116. The maximum absolute atomic E-state index is 7.30. The number of hydrogen-bond acceptors (Lipinski definition) is 5. The Labute approximate surface area is 237 Å². The van der Waals surface area contributed by atoms with Gasteiger partial charge in [-0.1, -0.05) is 94.4 Å². The van der Waals surface area contributed by atoms with Crippen molar-refractivity contribution in [3.63, 3.8) is 0 Å². The van der Waals surface area contributed by atoms with Gasteiger partial charge in [0.1, 0.15) is 24.3 Å². The van der Waals surface area contributed by atoms with Crippen molar-refractivity contribution in [1.82, 2.24) is 4.98 Å². The molecule has 0 amide bonds. The molecular weight excluding hydrogens is 558 g/mol. The Kier molecular flexibility index (Phi) is 10.1. The zero-order valence-corrected chi connectivity index (χ0v) is 26.2. The van der Waals surface area contributed by atoms with Gasteiger partial charge in [-0.2, -0.15) is 0 Å². The first-order chi connectivity index (χ1) is 18.1. The molecule has 0 aliphatic heterocycles. The molecule has 2 unspecified atom stereocenters. The summed E-state index contributed by atoms with van der Waals surface area (Å²) in [5.74, 6) is 0.666. The maximum Gasteiger partial charge on any atom is 0.261 e. The van der Waals surface area contributed by atoms with Crippen molar-refractivity contribution in [3.8, 4) is 5.75 Å². The highest BCUT2D eigenvalue weighted by Crippen LogP contribution is 2.45. The third-order valence-electron chi connectivity index (χ3n) is 7.14. The highest BCUT2D eigenvalue weighted by atomic mass is 79.9. The van der Waals surface area contributed by atoms with E-state index in [0.29, 0.717) is 18.1 Å². The molecule has 0 bridgehead atoms. The summed E-state index contributed by atoms with van der Waals surface area (Å²) in [7, 11) is 0.471. The third-order valence-corrected chi connectivity index (χ3v) is 12.9. The summed E-state index contributed by atoms with van der Waals surface area (Å²) in [5, 5.41) is 2.27. The van der Waals surface area contributed by atoms with Crippen LogP contribution < -0.4 is 15.1 Å². The van der Waals surface area contributed by atoms with Crippen LogP contribution in [0.25, 0.3) is 0 Å². The summed E-state index contributed by atoms with van der Waals surface area (Å²) < 4.78 is 25.6. The Morgan fingerprint density at radius 2 is 1.53 bits per heavy atom. The Morgan fingerprint density at radius 3 is 1.97 bits per heavy atom. The average molecular weight is 599 g/mol. The van der Waals surface area contributed by atoms with Crippen molar-refractivity contribution in [3.05, 3.63) is 95.2 Å². The molecule has 5 nitrogen and oxygen atoms in total. The van der Waals surface area contributed by atoms with Crippen molar-refractivity contribution >= 4 is 34.6 Å². The lowest BCUT2D eigenvalue weighted by atomic mass is 9.82. The molecular formula is C31H40BrNO4Si. The number of halogens is 1. The normalized spacial score (nSPS) is 14.5. The first-order valence-electron chi connectivity index (χ1n) is 12.7. The van der Waals surface area contributed by atoms with Crippen LogP contribution in [0.5, 0.6) is 5.75 Å². The average Bonchev–Trinajstić information content (AvgIpc) is 2.91. The monoisotopic (exact) mass is 597 g/mol. The lowest BCUT2D eigenvalue weighted by Gasteiger charge is -2.46. The molecule has 0 saturated carbocycles. The molecule has 2 atom stereocenters. The molecule has 0 aliphatic carbocycles. The molecule has 3 aromatic rings. The van der Waals surface area contributed by atoms with Gasteiger partial charge in [-0.25, -0.2) is 0 Å². The fraction of sp³-hybridized carbons (Fsp3) is 0.387. The van der Waals surface area contributed by atoms with Crippen LogP contribution >= 0.6 is 15.9 Å². The largest absolute Gasteiger partial charge is 0.494 e. The molecule has 204 valence electrons. The van der Waals surface area contributed by atoms with E-state index in [2.05, 4.69) is 98.7 Å². The quantitative estimate of drug-likeness (QED) is 0.134. The molecule has 0 saturated heterocycles. The van der Waals surface area contributed by atoms with E-state index in [1.54, 1.807) is 20.4 Å². The standard InChI is InChI=1S/C31H40BrNO4Si/c1-9-31(6,29(36-22-34-7)27-28(35-8)23(2)26(32)20-33-27)21-37-38(30(3,4)5,24-16-12-10-13-17-24)25-18-14-11-15-19-25/h9-20,29H,1,21-22H2,2-8H3. The van der Waals surface area contributed by atoms with Crippen molar-refractivity contribution in [2.24, 2.45) is 5.41 Å². The Bertz CT molecular complexity index is 1160. The molecule has 0 fully saturated rings. The molecule has 1 aromatic heterocycles. The van der Waals surface area contributed by atoms with E-state index < -0.39 is 19.8 Å². The first kappa shape index (κ1) is 30.3. The number of hydrogen-bond donors (Lipinski definition) is 0. The van der Waals surface area contributed by atoms with Crippen LogP contribution in [0.4, 0.5) is 0 Å². The fourth-order valence-electron chi connectivity index (χ4n) is 5.01. The fourth-order valence-corrected chi connectivity index (χ4v) is 9.98. The van der Waals surface area contributed by atoms with E-state index in [-0.39, 0.29) is 11.8 Å². The lowest BCUT2D eigenvalue weighted by Crippen LogP contribution is -2.67. The number of rotatable bonds is 12. The van der Waals surface area contributed by atoms with Gasteiger partial charge in [0.15, 0.2) is 0 Å². The topological polar surface area (TPSA) is 49.8 Å². The Hall–Kier alpha value is -2.29. The predicted molar refractivity (Wildman–Crippen MR) is 161 cm³/mol. The molecule has 0 aliphatic rings. The highest BCUT2D eigenvalue weighted by molar-refractivity contribution is 9.10.